The lowest BCUT2D eigenvalue weighted by atomic mass is 10.0. The zero-order chi connectivity index (χ0) is 14.1. The fourth-order valence-electron chi connectivity index (χ4n) is 2.63. The molecule has 0 atom stereocenters. The number of nitrogen functional groups attached to an aromatic ring is 1. The molecule has 0 saturated carbocycles. The van der Waals surface area contributed by atoms with Crippen LogP contribution < -0.4 is 5.73 Å². The number of anilines is 1. The molecule has 5 nitrogen and oxygen atoms in total. The monoisotopic (exact) mass is 290 g/mol. The molecule has 0 unspecified atom stereocenters. The van der Waals surface area contributed by atoms with Gasteiger partial charge in [-0.25, -0.2) is 0 Å². The predicted molar refractivity (Wildman–Crippen MR) is 79.9 cm³/mol. The van der Waals surface area contributed by atoms with E-state index in [9.17, 15) is 4.79 Å². The Balaban J connectivity index is 1.64. The Morgan fingerprint density at radius 1 is 1.40 bits per heavy atom. The van der Waals surface area contributed by atoms with E-state index in [0.29, 0.717) is 11.9 Å². The maximum absolute atomic E-state index is 12.4. The first-order chi connectivity index (χ1) is 9.65. The van der Waals surface area contributed by atoms with Crippen LogP contribution in [0.1, 0.15) is 34.1 Å². The standard InChI is InChI=1S/C14H18N4OS/c1-10-5-9-20-13(10)14(19)17-6-2-11(3-7-17)18-8-4-12(15)16-18/h4-5,8-9,11H,2-3,6-7H2,1H3,(H2,15,16). The zero-order valence-corrected chi connectivity index (χ0v) is 12.3. The number of thiophene rings is 1. The molecule has 0 radical (unpaired) electrons. The maximum atomic E-state index is 12.4. The molecular formula is C14H18N4OS. The van der Waals surface area contributed by atoms with Gasteiger partial charge in [0.15, 0.2) is 0 Å². The molecule has 3 rings (SSSR count). The lowest BCUT2D eigenvalue weighted by Crippen LogP contribution is -2.39. The Hall–Kier alpha value is -1.82. The molecule has 1 fully saturated rings. The number of carbonyl (C=O) groups excluding carboxylic acids is 1. The van der Waals surface area contributed by atoms with Crippen molar-refractivity contribution in [2.75, 3.05) is 18.8 Å². The summed E-state index contributed by atoms with van der Waals surface area (Å²) in [4.78, 5) is 15.2. The minimum absolute atomic E-state index is 0.163. The molecule has 0 spiro atoms. The molecular weight excluding hydrogens is 272 g/mol. The highest BCUT2D eigenvalue weighted by molar-refractivity contribution is 7.12. The number of aryl methyl sites for hydroxylation is 1. The lowest BCUT2D eigenvalue weighted by Gasteiger charge is -2.32. The minimum Gasteiger partial charge on any atom is -0.382 e. The van der Waals surface area contributed by atoms with Crippen LogP contribution in [0.15, 0.2) is 23.7 Å². The molecule has 1 aliphatic heterocycles. The van der Waals surface area contributed by atoms with Crippen LogP contribution in [0, 0.1) is 6.92 Å². The van der Waals surface area contributed by atoms with Crippen molar-refractivity contribution in [3.63, 3.8) is 0 Å². The number of nitrogens with zero attached hydrogens (tertiary/aromatic N) is 3. The fraction of sp³-hybridized carbons (Fsp3) is 0.429. The van der Waals surface area contributed by atoms with Crippen LogP contribution in [0.4, 0.5) is 5.82 Å². The van der Waals surface area contributed by atoms with Gasteiger partial charge in [-0.1, -0.05) is 0 Å². The SMILES string of the molecule is Cc1ccsc1C(=O)N1CCC(n2ccc(N)n2)CC1. The Bertz CT molecular complexity index is 610. The summed E-state index contributed by atoms with van der Waals surface area (Å²) in [6, 6.07) is 4.16. The van der Waals surface area contributed by atoms with Gasteiger partial charge in [-0.15, -0.1) is 11.3 Å². The molecule has 0 bridgehead atoms. The Kier molecular flexibility index (Phi) is 3.48. The van der Waals surface area contributed by atoms with E-state index in [2.05, 4.69) is 5.10 Å². The normalized spacial score (nSPS) is 16.6. The van der Waals surface area contributed by atoms with E-state index in [4.69, 9.17) is 5.73 Å². The largest absolute Gasteiger partial charge is 0.382 e. The van der Waals surface area contributed by atoms with Gasteiger partial charge in [-0.05, 0) is 42.8 Å². The first-order valence-electron chi connectivity index (χ1n) is 6.79. The smallest absolute Gasteiger partial charge is 0.264 e. The third kappa shape index (κ3) is 2.43. The van der Waals surface area contributed by atoms with Crippen LogP contribution in [-0.2, 0) is 0 Å². The van der Waals surface area contributed by atoms with Gasteiger partial charge in [0.2, 0.25) is 0 Å². The van der Waals surface area contributed by atoms with Gasteiger partial charge in [-0.3, -0.25) is 9.48 Å². The van der Waals surface area contributed by atoms with Gasteiger partial charge in [0.05, 0.1) is 10.9 Å². The van der Waals surface area contributed by atoms with Crippen molar-refractivity contribution in [1.82, 2.24) is 14.7 Å². The third-order valence-corrected chi connectivity index (χ3v) is 4.82. The van der Waals surface area contributed by atoms with E-state index >= 15 is 0 Å². The van der Waals surface area contributed by atoms with Crippen LogP contribution in [-0.4, -0.2) is 33.7 Å². The third-order valence-electron chi connectivity index (χ3n) is 3.81. The van der Waals surface area contributed by atoms with Gasteiger partial charge in [0.1, 0.15) is 5.82 Å². The summed E-state index contributed by atoms with van der Waals surface area (Å²) < 4.78 is 1.92. The molecule has 1 saturated heterocycles. The Morgan fingerprint density at radius 2 is 2.15 bits per heavy atom. The highest BCUT2D eigenvalue weighted by atomic mass is 32.1. The summed E-state index contributed by atoms with van der Waals surface area (Å²) in [7, 11) is 0. The van der Waals surface area contributed by atoms with E-state index in [-0.39, 0.29) is 5.91 Å². The number of aromatic nitrogens is 2. The van der Waals surface area contributed by atoms with Gasteiger partial charge in [0.25, 0.3) is 5.91 Å². The minimum atomic E-state index is 0.163. The number of hydrogen-bond donors (Lipinski definition) is 1. The van der Waals surface area contributed by atoms with Crippen molar-refractivity contribution in [2.24, 2.45) is 0 Å². The van der Waals surface area contributed by atoms with E-state index in [1.807, 2.05) is 40.2 Å². The van der Waals surface area contributed by atoms with Crippen LogP contribution in [0.2, 0.25) is 0 Å². The van der Waals surface area contributed by atoms with E-state index in [1.165, 1.54) is 11.3 Å². The summed E-state index contributed by atoms with van der Waals surface area (Å²) in [5.41, 5.74) is 6.72. The van der Waals surface area contributed by atoms with Crippen molar-refractivity contribution in [3.05, 3.63) is 34.2 Å². The van der Waals surface area contributed by atoms with Crippen LogP contribution >= 0.6 is 11.3 Å². The molecule has 2 N–H and O–H groups in total. The van der Waals surface area contributed by atoms with Gasteiger partial charge in [0, 0.05) is 19.3 Å². The first-order valence-corrected chi connectivity index (χ1v) is 7.67. The van der Waals surface area contributed by atoms with Crippen molar-refractivity contribution >= 4 is 23.1 Å². The maximum Gasteiger partial charge on any atom is 0.264 e. The second-order valence-electron chi connectivity index (χ2n) is 5.18. The molecule has 3 heterocycles. The van der Waals surface area contributed by atoms with Gasteiger partial charge < -0.3 is 10.6 Å². The quantitative estimate of drug-likeness (QED) is 0.923. The Morgan fingerprint density at radius 3 is 2.70 bits per heavy atom. The second kappa shape index (κ2) is 5.28. The Labute approximate surface area is 122 Å². The van der Waals surface area contributed by atoms with Crippen LogP contribution in [0.3, 0.4) is 0 Å². The van der Waals surface area contributed by atoms with E-state index in [1.54, 1.807) is 0 Å². The number of carbonyl (C=O) groups is 1. The van der Waals surface area contributed by atoms with E-state index < -0.39 is 0 Å². The van der Waals surface area contributed by atoms with Crippen molar-refractivity contribution in [2.45, 2.75) is 25.8 Å². The van der Waals surface area contributed by atoms with Crippen molar-refractivity contribution in [3.8, 4) is 0 Å². The molecule has 0 aromatic carbocycles. The molecule has 20 heavy (non-hydrogen) atoms. The molecule has 1 amide bonds. The molecule has 2 aromatic heterocycles. The first kappa shape index (κ1) is 13.2. The second-order valence-corrected chi connectivity index (χ2v) is 6.09. The molecule has 106 valence electrons. The molecule has 6 heteroatoms. The summed E-state index contributed by atoms with van der Waals surface area (Å²) in [6.45, 7) is 3.55. The average Bonchev–Trinajstić information content (AvgIpc) is 3.07. The summed E-state index contributed by atoms with van der Waals surface area (Å²) in [5, 5.41) is 6.24. The number of amides is 1. The predicted octanol–water partition coefficient (Wildman–Crippen LogP) is 2.31. The van der Waals surface area contributed by atoms with Gasteiger partial charge in [-0.2, -0.15) is 5.10 Å². The average molecular weight is 290 g/mol. The topological polar surface area (TPSA) is 64.2 Å². The number of nitrogens with two attached hydrogens (primary N) is 1. The summed E-state index contributed by atoms with van der Waals surface area (Å²) in [6.07, 6.45) is 3.77. The van der Waals surface area contributed by atoms with Gasteiger partial charge >= 0.3 is 0 Å². The zero-order valence-electron chi connectivity index (χ0n) is 11.5. The summed E-state index contributed by atoms with van der Waals surface area (Å²) in [5.74, 6) is 0.716. The summed E-state index contributed by atoms with van der Waals surface area (Å²) >= 11 is 1.53. The van der Waals surface area contributed by atoms with Crippen LogP contribution in [0.5, 0.6) is 0 Å². The number of likely N-dealkylation sites (tertiary alicyclic amines) is 1. The highest BCUT2D eigenvalue weighted by Gasteiger charge is 2.26. The highest BCUT2D eigenvalue weighted by Crippen LogP contribution is 2.25. The number of piperidine rings is 1. The van der Waals surface area contributed by atoms with E-state index in [0.717, 1.165) is 36.4 Å². The number of rotatable bonds is 2. The van der Waals surface area contributed by atoms with Crippen molar-refractivity contribution in [1.29, 1.82) is 0 Å². The lowest BCUT2D eigenvalue weighted by molar-refractivity contribution is 0.0694. The van der Waals surface area contributed by atoms with Crippen LogP contribution in [0.25, 0.3) is 0 Å². The molecule has 2 aromatic rings. The number of hydrogen-bond acceptors (Lipinski definition) is 4. The molecule has 0 aliphatic carbocycles. The fourth-order valence-corrected chi connectivity index (χ4v) is 3.52. The van der Waals surface area contributed by atoms with Crippen molar-refractivity contribution < 1.29 is 4.79 Å². The molecule has 1 aliphatic rings.